The van der Waals surface area contributed by atoms with E-state index in [0.717, 1.165) is 10.5 Å². The average molecular weight is 399 g/mol. The van der Waals surface area contributed by atoms with Gasteiger partial charge in [-0.15, -0.1) is 0 Å². The normalized spacial score (nSPS) is 16.4. The summed E-state index contributed by atoms with van der Waals surface area (Å²) in [4.78, 5) is 40.8. The molecule has 7 nitrogen and oxygen atoms in total. The van der Waals surface area contributed by atoms with E-state index >= 15 is 0 Å². The number of carbonyl (C=O) groups is 3. The van der Waals surface area contributed by atoms with Gasteiger partial charge in [0, 0.05) is 19.3 Å². The van der Waals surface area contributed by atoms with Gasteiger partial charge in [-0.05, 0) is 43.3 Å². The van der Waals surface area contributed by atoms with Crippen molar-refractivity contribution in [3.8, 4) is 0 Å². The van der Waals surface area contributed by atoms with Gasteiger partial charge in [0.25, 0.3) is 5.91 Å². The first-order valence-electron chi connectivity index (χ1n) is 9.16. The molecule has 2 aromatic carbocycles. The Hall–Kier alpha value is -3.26. The minimum absolute atomic E-state index is 0.179. The fraction of sp³-hybridized carbons (Fsp3) is 0.286. The fourth-order valence-corrected chi connectivity index (χ4v) is 3.13. The van der Waals surface area contributed by atoms with Crippen LogP contribution >= 0.6 is 0 Å². The Bertz CT molecular complexity index is 899. The molecular formula is C21H22FN3O4. The van der Waals surface area contributed by atoms with E-state index in [-0.39, 0.29) is 19.6 Å². The van der Waals surface area contributed by atoms with Crippen LogP contribution < -0.4 is 10.2 Å². The lowest BCUT2D eigenvalue weighted by molar-refractivity contribution is -0.124. The van der Waals surface area contributed by atoms with Crippen LogP contribution in [-0.4, -0.2) is 49.0 Å². The molecule has 0 spiro atoms. The van der Waals surface area contributed by atoms with Gasteiger partial charge in [0.1, 0.15) is 11.9 Å². The zero-order valence-electron chi connectivity index (χ0n) is 16.2. The molecule has 1 fully saturated rings. The number of rotatable bonds is 7. The van der Waals surface area contributed by atoms with Crippen molar-refractivity contribution in [3.63, 3.8) is 0 Å². The molecule has 0 bridgehead atoms. The van der Waals surface area contributed by atoms with Crippen molar-refractivity contribution in [3.05, 3.63) is 59.9 Å². The van der Waals surface area contributed by atoms with E-state index in [1.165, 1.54) is 36.3 Å². The van der Waals surface area contributed by atoms with Crippen LogP contribution in [-0.2, 0) is 14.3 Å². The number of amides is 4. The summed E-state index contributed by atoms with van der Waals surface area (Å²) in [6, 6.07) is 10.9. The maximum Gasteiger partial charge on any atom is 0.332 e. The third kappa shape index (κ3) is 4.60. The number of halogens is 1. The Morgan fingerprint density at radius 1 is 1.10 bits per heavy atom. The predicted octanol–water partition coefficient (Wildman–Crippen LogP) is 2.95. The molecule has 0 aromatic heterocycles. The quantitative estimate of drug-likeness (QED) is 0.726. The molecule has 4 amide bonds. The van der Waals surface area contributed by atoms with Crippen LogP contribution in [0.15, 0.2) is 48.5 Å². The molecule has 3 rings (SSSR count). The molecule has 1 aliphatic heterocycles. The standard InChI is InChI=1S/C21H22FN3O4/c1-14-3-9-17(10-4-14)25-20(27)18(24(21(25)28)11-12-29-2)13-19(26)23-16-7-5-15(22)6-8-16/h3-10,18H,11-13H2,1-2H3,(H,23,26)/t18-/m0/s1. The first kappa shape index (κ1) is 20.5. The Balaban J connectivity index is 1.79. The minimum atomic E-state index is -0.945. The van der Waals surface area contributed by atoms with Crippen molar-refractivity contribution >= 4 is 29.2 Å². The highest BCUT2D eigenvalue weighted by Crippen LogP contribution is 2.27. The minimum Gasteiger partial charge on any atom is -0.383 e. The van der Waals surface area contributed by atoms with Crippen LogP contribution in [0.3, 0.4) is 0 Å². The molecular weight excluding hydrogens is 377 g/mol. The van der Waals surface area contributed by atoms with Crippen LogP contribution in [0.1, 0.15) is 12.0 Å². The summed E-state index contributed by atoms with van der Waals surface area (Å²) in [6.45, 7) is 2.32. The molecule has 0 aliphatic carbocycles. The van der Waals surface area contributed by atoms with E-state index in [9.17, 15) is 18.8 Å². The number of nitrogens with one attached hydrogen (secondary N) is 1. The number of nitrogens with zero attached hydrogens (tertiary/aromatic N) is 2. The molecule has 1 aliphatic rings. The number of urea groups is 1. The molecule has 1 heterocycles. The van der Waals surface area contributed by atoms with E-state index in [2.05, 4.69) is 5.32 Å². The average Bonchev–Trinajstić information content (AvgIpc) is 2.92. The third-order valence-electron chi connectivity index (χ3n) is 4.65. The largest absolute Gasteiger partial charge is 0.383 e. The summed E-state index contributed by atoms with van der Waals surface area (Å²) in [5.41, 5.74) is 1.86. The first-order valence-corrected chi connectivity index (χ1v) is 9.16. The number of aryl methyl sites for hydroxylation is 1. The lowest BCUT2D eigenvalue weighted by Gasteiger charge is -2.21. The van der Waals surface area contributed by atoms with Gasteiger partial charge in [-0.3, -0.25) is 9.59 Å². The maximum atomic E-state index is 13.0. The molecule has 0 saturated carbocycles. The van der Waals surface area contributed by atoms with Crippen LogP contribution in [0.5, 0.6) is 0 Å². The molecule has 2 aromatic rings. The van der Waals surface area contributed by atoms with Gasteiger partial charge >= 0.3 is 6.03 Å². The molecule has 0 radical (unpaired) electrons. The van der Waals surface area contributed by atoms with Crippen molar-refractivity contribution in [2.45, 2.75) is 19.4 Å². The van der Waals surface area contributed by atoms with Crippen molar-refractivity contribution < 1.29 is 23.5 Å². The molecule has 29 heavy (non-hydrogen) atoms. The zero-order chi connectivity index (χ0) is 21.0. The number of anilines is 2. The van der Waals surface area contributed by atoms with Crippen LogP contribution in [0, 0.1) is 12.7 Å². The second kappa shape index (κ2) is 8.83. The summed E-state index contributed by atoms with van der Waals surface area (Å²) in [5, 5.41) is 2.62. The summed E-state index contributed by atoms with van der Waals surface area (Å²) >= 11 is 0. The summed E-state index contributed by atoms with van der Waals surface area (Å²) in [5.74, 6) is -1.33. The Labute approximate surface area is 168 Å². The van der Waals surface area contributed by atoms with Gasteiger partial charge in [0.2, 0.25) is 5.91 Å². The summed E-state index contributed by atoms with van der Waals surface area (Å²) < 4.78 is 18.1. The Morgan fingerprint density at radius 2 is 1.76 bits per heavy atom. The van der Waals surface area contributed by atoms with E-state index in [1.54, 1.807) is 12.1 Å². The van der Waals surface area contributed by atoms with Crippen LogP contribution in [0.2, 0.25) is 0 Å². The lowest BCUT2D eigenvalue weighted by Crippen LogP contribution is -2.39. The van der Waals surface area contributed by atoms with Gasteiger partial charge in [0.05, 0.1) is 18.7 Å². The van der Waals surface area contributed by atoms with E-state index in [0.29, 0.717) is 11.4 Å². The van der Waals surface area contributed by atoms with Gasteiger partial charge in [-0.25, -0.2) is 14.1 Å². The van der Waals surface area contributed by atoms with Crippen LogP contribution in [0.4, 0.5) is 20.6 Å². The molecule has 1 N–H and O–H groups in total. The van der Waals surface area contributed by atoms with E-state index in [1.807, 2.05) is 19.1 Å². The molecule has 0 unspecified atom stereocenters. The lowest BCUT2D eigenvalue weighted by atomic mass is 10.1. The van der Waals surface area contributed by atoms with E-state index < -0.39 is 29.7 Å². The van der Waals surface area contributed by atoms with E-state index in [4.69, 9.17) is 4.74 Å². The van der Waals surface area contributed by atoms with Gasteiger partial charge < -0.3 is 15.0 Å². The maximum absolute atomic E-state index is 13.0. The van der Waals surface area contributed by atoms with Crippen molar-refractivity contribution in [2.75, 3.05) is 30.5 Å². The van der Waals surface area contributed by atoms with Gasteiger partial charge in [-0.1, -0.05) is 17.7 Å². The highest BCUT2D eigenvalue weighted by atomic mass is 19.1. The zero-order valence-corrected chi connectivity index (χ0v) is 16.2. The second-order valence-electron chi connectivity index (χ2n) is 6.75. The molecule has 8 heteroatoms. The SMILES string of the molecule is COCCN1C(=O)N(c2ccc(C)cc2)C(=O)[C@@H]1CC(=O)Nc1ccc(F)cc1. The third-order valence-corrected chi connectivity index (χ3v) is 4.65. The first-order chi connectivity index (χ1) is 13.9. The van der Waals surface area contributed by atoms with Gasteiger partial charge in [0.15, 0.2) is 0 Å². The number of imide groups is 1. The fourth-order valence-electron chi connectivity index (χ4n) is 3.13. The van der Waals surface area contributed by atoms with Gasteiger partial charge in [-0.2, -0.15) is 0 Å². The summed E-state index contributed by atoms with van der Waals surface area (Å²) in [7, 11) is 1.50. The Morgan fingerprint density at radius 3 is 2.38 bits per heavy atom. The monoisotopic (exact) mass is 399 g/mol. The molecule has 1 atom stereocenters. The van der Waals surface area contributed by atoms with Crippen LogP contribution in [0.25, 0.3) is 0 Å². The van der Waals surface area contributed by atoms with Crippen molar-refractivity contribution in [1.82, 2.24) is 4.90 Å². The number of carbonyl (C=O) groups excluding carboxylic acids is 3. The summed E-state index contributed by atoms with van der Waals surface area (Å²) in [6.07, 6.45) is -0.214. The Kier molecular flexibility index (Phi) is 6.23. The smallest absolute Gasteiger partial charge is 0.332 e. The number of ether oxygens (including phenoxy) is 1. The number of benzene rings is 2. The predicted molar refractivity (Wildman–Crippen MR) is 106 cm³/mol. The number of hydrogen-bond acceptors (Lipinski definition) is 4. The highest BCUT2D eigenvalue weighted by molar-refractivity contribution is 6.22. The topological polar surface area (TPSA) is 79.0 Å². The molecule has 1 saturated heterocycles. The molecule has 152 valence electrons. The van der Waals surface area contributed by atoms with Crippen molar-refractivity contribution in [1.29, 1.82) is 0 Å². The van der Waals surface area contributed by atoms with Crippen molar-refractivity contribution in [2.24, 2.45) is 0 Å². The number of methoxy groups -OCH3 is 1. The second-order valence-corrected chi connectivity index (χ2v) is 6.75. The highest BCUT2D eigenvalue weighted by Gasteiger charge is 2.46. The number of hydrogen-bond donors (Lipinski definition) is 1.